The molecule has 0 bridgehead atoms. The van der Waals surface area contributed by atoms with Crippen molar-refractivity contribution in [3.63, 3.8) is 0 Å². The van der Waals surface area contributed by atoms with E-state index >= 15 is 0 Å². The van der Waals surface area contributed by atoms with Gasteiger partial charge < -0.3 is 15.1 Å². The van der Waals surface area contributed by atoms with Crippen LogP contribution in [0.25, 0.3) is 0 Å². The molecule has 0 unspecified atom stereocenters. The number of carbonyl (C=O) groups excluding carboxylic acids is 1. The molecule has 1 aliphatic heterocycles. The van der Waals surface area contributed by atoms with Crippen LogP contribution in [0.15, 0.2) is 24.3 Å². The minimum Gasteiger partial charge on any atom is -0.345 e. The normalized spacial score (nSPS) is 15.1. The predicted molar refractivity (Wildman–Crippen MR) is 85.9 cm³/mol. The van der Waals surface area contributed by atoms with Crippen molar-refractivity contribution >= 4 is 28.9 Å². The molecular weight excluding hydrogens is 270 g/mol. The molecule has 0 radical (unpaired) electrons. The van der Waals surface area contributed by atoms with Gasteiger partial charge in [-0.25, -0.2) is 0 Å². The maximum Gasteiger partial charge on any atom is 0.219 e. The SMILES string of the molecule is CCc1ccccc1NC(=S)N1CCN(C(C)=O)CC1. The van der Waals surface area contributed by atoms with Crippen molar-refractivity contribution in [1.82, 2.24) is 9.80 Å². The van der Waals surface area contributed by atoms with Gasteiger partial charge in [-0.1, -0.05) is 25.1 Å². The number of thiocarbonyl (C=S) groups is 1. The fraction of sp³-hybridized carbons (Fsp3) is 0.467. The summed E-state index contributed by atoms with van der Waals surface area (Å²) >= 11 is 5.48. The van der Waals surface area contributed by atoms with E-state index in [-0.39, 0.29) is 5.91 Å². The number of para-hydroxylation sites is 1. The molecule has 1 aliphatic rings. The van der Waals surface area contributed by atoms with E-state index in [0.29, 0.717) is 0 Å². The highest BCUT2D eigenvalue weighted by Gasteiger charge is 2.20. The fourth-order valence-electron chi connectivity index (χ4n) is 2.37. The number of aryl methyl sites for hydroxylation is 1. The molecule has 1 heterocycles. The molecule has 0 spiro atoms. The second-order valence-electron chi connectivity index (χ2n) is 4.93. The highest BCUT2D eigenvalue weighted by Crippen LogP contribution is 2.16. The van der Waals surface area contributed by atoms with Crippen LogP contribution in [-0.4, -0.2) is 47.0 Å². The molecule has 1 N–H and O–H groups in total. The van der Waals surface area contributed by atoms with E-state index < -0.39 is 0 Å². The summed E-state index contributed by atoms with van der Waals surface area (Å²) in [7, 11) is 0. The second kappa shape index (κ2) is 6.70. The second-order valence-corrected chi connectivity index (χ2v) is 5.32. The van der Waals surface area contributed by atoms with E-state index in [1.54, 1.807) is 6.92 Å². The standard InChI is InChI=1S/C15H21N3OS/c1-3-13-6-4-5-7-14(13)16-15(20)18-10-8-17(9-11-18)12(2)19/h4-7H,3,8-11H2,1-2H3,(H,16,20). The van der Waals surface area contributed by atoms with E-state index in [9.17, 15) is 4.79 Å². The maximum absolute atomic E-state index is 11.3. The summed E-state index contributed by atoms with van der Waals surface area (Å²) in [4.78, 5) is 15.3. The Balaban J connectivity index is 1.94. The molecule has 1 aromatic rings. The molecule has 20 heavy (non-hydrogen) atoms. The lowest BCUT2D eigenvalue weighted by molar-refractivity contribution is -0.130. The summed E-state index contributed by atoms with van der Waals surface area (Å²) in [6.45, 7) is 6.82. The Labute approximate surface area is 125 Å². The summed E-state index contributed by atoms with van der Waals surface area (Å²) in [5, 5.41) is 4.07. The van der Waals surface area contributed by atoms with Crippen molar-refractivity contribution in [2.75, 3.05) is 31.5 Å². The van der Waals surface area contributed by atoms with Gasteiger partial charge in [-0.3, -0.25) is 4.79 Å². The minimum absolute atomic E-state index is 0.139. The lowest BCUT2D eigenvalue weighted by atomic mass is 10.1. The molecule has 4 nitrogen and oxygen atoms in total. The Morgan fingerprint density at radius 2 is 1.80 bits per heavy atom. The Bertz CT molecular complexity index is 496. The van der Waals surface area contributed by atoms with Crippen LogP contribution in [0.4, 0.5) is 5.69 Å². The van der Waals surface area contributed by atoms with Crippen LogP contribution in [0.5, 0.6) is 0 Å². The van der Waals surface area contributed by atoms with Crippen LogP contribution >= 0.6 is 12.2 Å². The van der Waals surface area contributed by atoms with Crippen molar-refractivity contribution in [3.05, 3.63) is 29.8 Å². The lowest BCUT2D eigenvalue weighted by Gasteiger charge is -2.35. The van der Waals surface area contributed by atoms with Gasteiger partial charge in [0.15, 0.2) is 5.11 Å². The number of nitrogens with zero attached hydrogens (tertiary/aromatic N) is 2. The number of anilines is 1. The topological polar surface area (TPSA) is 35.6 Å². The van der Waals surface area contributed by atoms with Crippen molar-refractivity contribution in [2.45, 2.75) is 20.3 Å². The fourth-order valence-corrected chi connectivity index (χ4v) is 2.66. The van der Waals surface area contributed by atoms with Crippen LogP contribution in [0, 0.1) is 0 Å². The zero-order valence-electron chi connectivity index (χ0n) is 12.1. The minimum atomic E-state index is 0.139. The highest BCUT2D eigenvalue weighted by molar-refractivity contribution is 7.80. The third kappa shape index (κ3) is 3.48. The summed E-state index contributed by atoms with van der Waals surface area (Å²) in [6.07, 6.45) is 0.976. The third-order valence-electron chi connectivity index (χ3n) is 3.65. The van der Waals surface area contributed by atoms with Gasteiger partial charge in [0.1, 0.15) is 0 Å². The average molecular weight is 291 g/mol. The molecule has 0 atom stereocenters. The first kappa shape index (κ1) is 14.8. The molecule has 0 aromatic heterocycles. The van der Waals surface area contributed by atoms with Gasteiger partial charge in [-0.2, -0.15) is 0 Å². The van der Waals surface area contributed by atoms with Gasteiger partial charge in [0, 0.05) is 38.8 Å². The highest BCUT2D eigenvalue weighted by atomic mass is 32.1. The number of amides is 1. The van der Waals surface area contributed by atoms with E-state index in [1.165, 1.54) is 5.56 Å². The number of benzene rings is 1. The zero-order chi connectivity index (χ0) is 14.5. The van der Waals surface area contributed by atoms with Gasteiger partial charge in [0.25, 0.3) is 0 Å². The molecule has 1 amide bonds. The molecular formula is C15H21N3OS. The summed E-state index contributed by atoms with van der Waals surface area (Å²) < 4.78 is 0. The molecule has 5 heteroatoms. The Hall–Kier alpha value is -1.62. The molecule has 2 rings (SSSR count). The Morgan fingerprint density at radius 3 is 2.40 bits per heavy atom. The van der Waals surface area contributed by atoms with Crippen molar-refractivity contribution in [1.29, 1.82) is 0 Å². The Kier molecular flexibility index (Phi) is 4.95. The molecule has 0 saturated carbocycles. The molecule has 1 fully saturated rings. The first-order valence-corrected chi connectivity index (χ1v) is 7.42. The largest absolute Gasteiger partial charge is 0.345 e. The van der Waals surface area contributed by atoms with Crippen molar-refractivity contribution in [2.24, 2.45) is 0 Å². The number of nitrogens with one attached hydrogen (secondary N) is 1. The number of carbonyl (C=O) groups is 1. The predicted octanol–water partition coefficient (Wildman–Crippen LogP) is 2.11. The van der Waals surface area contributed by atoms with E-state index in [2.05, 4.69) is 29.3 Å². The summed E-state index contributed by atoms with van der Waals surface area (Å²) in [5.74, 6) is 0.139. The summed E-state index contributed by atoms with van der Waals surface area (Å²) in [6, 6.07) is 8.21. The smallest absolute Gasteiger partial charge is 0.219 e. The average Bonchev–Trinajstić information content (AvgIpc) is 2.48. The van der Waals surface area contributed by atoms with E-state index in [1.807, 2.05) is 17.0 Å². The Morgan fingerprint density at radius 1 is 1.20 bits per heavy atom. The van der Waals surface area contributed by atoms with Gasteiger partial charge in [-0.15, -0.1) is 0 Å². The number of hydrogen-bond donors (Lipinski definition) is 1. The number of piperazine rings is 1. The molecule has 0 aliphatic carbocycles. The van der Waals surface area contributed by atoms with Gasteiger partial charge >= 0.3 is 0 Å². The zero-order valence-corrected chi connectivity index (χ0v) is 12.9. The van der Waals surface area contributed by atoms with Crippen LogP contribution in [-0.2, 0) is 11.2 Å². The third-order valence-corrected chi connectivity index (χ3v) is 4.01. The van der Waals surface area contributed by atoms with Crippen LogP contribution in [0.2, 0.25) is 0 Å². The van der Waals surface area contributed by atoms with Gasteiger partial charge in [-0.05, 0) is 30.3 Å². The van der Waals surface area contributed by atoms with Crippen LogP contribution in [0.1, 0.15) is 19.4 Å². The van der Waals surface area contributed by atoms with Crippen LogP contribution in [0.3, 0.4) is 0 Å². The van der Waals surface area contributed by atoms with Crippen LogP contribution < -0.4 is 5.32 Å². The van der Waals surface area contributed by atoms with E-state index in [4.69, 9.17) is 12.2 Å². The first-order chi connectivity index (χ1) is 9.61. The van der Waals surface area contributed by atoms with E-state index in [0.717, 1.165) is 43.4 Å². The van der Waals surface area contributed by atoms with Crippen molar-refractivity contribution < 1.29 is 4.79 Å². The number of hydrogen-bond acceptors (Lipinski definition) is 2. The first-order valence-electron chi connectivity index (χ1n) is 7.01. The number of rotatable bonds is 2. The lowest BCUT2D eigenvalue weighted by Crippen LogP contribution is -2.51. The quantitative estimate of drug-likeness (QED) is 0.847. The van der Waals surface area contributed by atoms with Gasteiger partial charge in [0.05, 0.1) is 0 Å². The van der Waals surface area contributed by atoms with Crippen molar-refractivity contribution in [3.8, 4) is 0 Å². The molecule has 1 saturated heterocycles. The molecule has 1 aromatic carbocycles. The van der Waals surface area contributed by atoms with Gasteiger partial charge in [0.2, 0.25) is 5.91 Å². The maximum atomic E-state index is 11.3. The molecule has 108 valence electrons. The summed E-state index contributed by atoms with van der Waals surface area (Å²) in [5.41, 5.74) is 2.34. The monoisotopic (exact) mass is 291 g/mol.